The lowest BCUT2D eigenvalue weighted by atomic mass is 9.33. The minimum absolute atomic E-state index is 0.0172. The number of allylic oxidation sites excluding steroid dienone is 2. The van der Waals surface area contributed by atoms with E-state index in [1.807, 2.05) is 6.92 Å². The highest BCUT2D eigenvalue weighted by Gasteiger charge is 2.70. The van der Waals surface area contributed by atoms with Gasteiger partial charge in [-0.1, -0.05) is 54.0 Å². The molecule has 4 fully saturated rings. The van der Waals surface area contributed by atoms with Gasteiger partial charge in [-0.05, 0) is 103 Å². The van der Waals surface area contributed by atoms with Crippen LogP contribution in [-0.4, -0.2) is 24.5 Å². The van der Waals surface area contributed by atoms with E-state index in [0.717, 1.165) is 57.8 Å². The van der Waals surface area contributed by atoms with E-state index in [-0.39, 0.29) is 57.7 Å². The number of rotatable bonds is 3. The smallest absolute Gasteiger partial charge is 0.223 e. The standard InChI is InChI=1S/C31H50N2O3/c1-26(2)22-8-11-31(7)24(29(22,5)10-9-23(26)36-18-32)21(34)16-19-20-17-28(4,25(33)35)13-12-27(20,3)14-15-30(19,31)6/h16,20,22-24H,8-15,17-18,32H2,1-7H3,(H2,33,35)/t20-,22?,23+,24+,27+,28-,29-,30+,31+/m0/s1. The van der Waals surface area contributed by atoms with Crippen molar-refractivity contribution in [2.45, 2.75) is 112 Å². The highest BCUT2D eigenvalue weighted by Crippen LogP contribution is 2.75. The topological polar surface area (TPSA) is 95.4 Å². The first-order valence-electron chi connectivity index (χ1n) is 14.5. The van der Waals surface area contributed by atoms with Crippen molar-refractivity contribution in [1.82, 2.24) is 0 Å². The van der Waals surface area contributed by atoms with Crippen molar-refractivity contribution in [1.29, 1.82) is 0 Å². The Kier molecular flexibility index (Phi) is 5.80. The maximum atomic E-state index is 14.4. The summed E-state index contributed by atoms with van der Waals surface area (Å²) in [5.74, 6) is 0.848. The van der Waals surface area contributed by atoms with E-state index >= 15 is 0 Å². The van der Waals surface area contributed by atoms with E-state index < -0.39 is 5.41 Å². The Hall–Kier alpha value is -1.20. The molecule has 0 aromatic carbocycles. The molecule has 0 bridgehead atoms. The summed E-state index contributed by atoms with van der Waals surface area (Å²) >= 11 is 0. The molecular weight excluding hydrogens is 448 g/mol. The Labute approximate surface area is 218 Å². The van der Waals surface area contributed by atoms with Crippen molar-refractivity contribution < 1.29 is 14.3 Å². The second-order valence-corrected chi connectivity index (χ2v) is 15.3. The molecule has 0 heterocycles. The molecule has 0 aromatic rings. The molecule has 1 amide bonds. The number of carbonyl (C=O) groups is 2. The van der Waals surface area contributed by atoms with E-state index in [9.17, 15) is 9.59 Å². The minimum atomic E-state index is -0.487. The van der Waals surface area contributed by atoms with Gasteiger partial charge in [-0.3, -0.25) is 9.59 Å². The van der Waals surface area contributed by atoms with Gasteiger partial charge in [0.15, 0.2) is 5.78 Å². The number of fused-ring (bicyclic) bond motifs is 7. The second kappa shape index (κ2) is 7.91. The van der Waals surface area contributed by atoms with Gasteiger partial charge in [0.1, 0.15) is 0 Å². The molecule has 4 N–H and O–H groups in total. The zero-order valence-electron chi connectivity index (χ0n) is 23.8. The van der Waals surface area contributed by atoms with Crippen LogP contribution in [0.4, 0.5) is 0 Å². The Bertz CT molecular complexity index is 1000. The van der Waals surface area contributed by atoms with Gasteiger partial charge >= 0.3 is 0 Å². The molecule has 1 unspecified atom stereocenters. The molecular formula is C31H50N2O3. The van der Waals surface area contributed by atoms with Gasteiger partial charge in [0.2, 0.25) is 5.91 Å². The highest BCUT2D eigenvalue weighted by molar-refractivity contribution is 5.95. The maximum absolute atomic E-state index is 14.4. The van der Waals surface area contributed by atoms with Crippen LogP contribution in [-0.2, 0) is 14.3 Å². The van der Waals surface area contributed by atoms with Gasteiger partial charge in [-0.2, -0.15) is 0 Å². The predicted molar refractivity (Wildman–Crippen MR) is 143 cm³/mol. The number of ether oxygens (including phenoxy) is 1. The largest absolute Gasteiger partial charge is 0.369 e. The Morgan fingerprint density at radius 1 is 0.972 bits per heavy atom. The van der Waals surface area contributed by atoms with E-state index in [1.165, 1.54) is 5.57 Å². The van der Waals surface area contributed by atoms with Crippen LogP contribution < -0.4 is 11.5 Å². The van der Waals surface area contributed by atoms with Gasteiger partial charge in [0, 0.05) is 11.3 Å². The first-order valence-corrected chi connectivity index (χ1v) is 14.5. The lowest BCUT2D eigenvalue weighted by Gasteiger charge is -2.70. The normalized spacial score (nSPS) is 51.8. The number of hydrogen-bond donors (Lipinski definition) is 2. The molecule has 9 atom stereocenters. The maximum Gasteiger partial charge on any atom is 0.223 e. The van der Waals surface area contributed by atoms with Crippen LogP contribution in [0.1, 0.15) is 106 Å². The molecule has 36 heavy (non-hydrogen) atoms. The van der Waals surface area contributed by atoms with Crippen LogP contribution in [0, 0.1) is 50.2 Å². The van der Waals surface area contributed by atoms with Crippen molar-refractivity contribution in [3.63, 3.8) is 0 Å². The van der Waals surface area contributed by atoms with Gasteiger partial charge < -0.3 is 16.2 Å². The van der Waals surface area contributed by atoms with Crippen molar-refractivity contribution in [2.75, 3.05) is 6.73 Å². The molecule has 4 saturated carbocycles. The summed E-state index contributed by atoms with van der Waals surface area (Å²) in [6.07, 6.45) is 11.3. The monoisotopic (exact) mass is 498 g/mol. The Morgan fingerprint density at radius 2 is 1.64 bits per heavy atom. The number of amides is 1. The van der Waals surface area contributed by atoms with Gasteiger partial charge in [-0.25, -0.2) is 0 Å². The molecule has 0 spiro atoms. The average Bonchev–Trinajstić information content (AvgIpc) is 2.78. The zero-order valence-corrected chi connectivity index (χ0v) is 23.8. The number of ketones is 1. The summed E-state index contributed by atoms with van der Waals surface area (Å²) in [5.41, 5.74) is 12.6. The van der Waals surface area contributed by atoms with Crippen LogP contribution in [0.3, 0.4) is 0 Å². The van der Waals surface area contributed by atoms with E-state index in [4.69, 9.17) is 16.2 Å². The molecule has 5 heteroatoms. The average molecular weight is 499 g/mol. The minimum Gasteiger partial charge on any atom is -0.369 e. The molecule has 5 aliphatic carbocycles. The van der Waals surface area contributed by atoms with Crippen molar-refractivity contribution in [3.8, 4) is 0 Å². The molecule has 0 saturated heterocycles. The lowest BCUT2D eigenvalue weighted by molar-refractivity contribution is -0.208. The predicted octanol–water partition coefficient (Wildman–Crippen LogP) is 5.75. The summed E-state index contributed by atoms with van der Waals surface area (Å²) in [7, 11) is 0. The molecule has 202 valence electrons. The SMILES string of the molecule is CC1(C)C2CC[C@]3(C)[C@H](C(=O)C=C4[C@@H]5C[C@@](C)(C(N)=O)CC[C@]5(C)CC[C@]43C)[C@@]2(C)CC[C@H]1OCN. The van der Waals surface area contributed by atoms with Crippen LogP contribution in [0.25, 0.3) is 0 Å². The number of nitrogens with two attached hydrogens (primary N) is 2. The molecule has 5 aliphatic rings. The van der Waals surface area contributed by atoms with Gasteiger partial charge in [0.05, 0.1) is 12.8 Å². The second-order valence-electron chi connectivity index (χ2n) is 15.3. The summed E-state index contributed by atoms with van der Waals surface area (Å²) < 4.78 is 6.04. The fourth-order valence-corrected chi connectivity index (χ4v) is 10.8. The van der Waals surface area contributed by atoms with Gasteiger partial charge in [0.25, 0.3) is 0 Å². The third-order valence-corrected chi connectivity index (χ3v) is 13.4. The third kappa shape index (κ3) is 3.20. The van der Waals surface area contributed by atoms with E-state index in [2.05, 4.69) is 47.6 Å². The van der Waals surface area contributed by atoms with Crippen molar-refractivity contribution in [2.24, 2.45) is 61.7 Å². The van der Waals surface area contributed by atoms with E-state index in [0.29, 0.717) is 11.7 Å². The number of carbonyl (C=O) groups excluding carboxylic acids is 2. The highest BCUT2D eigenvalue weighted by atomic mass is 16.5. The third-order valence-electron chi connectivity index (χ3n) is 13.4. The summed E-state index contributed by atoms with van der Waals surface area (Å²) in [6, 6.07) is 0. The fraction of sp³-hybridized carbons (Fsp3) is 0.871. The molecule has 0 aromatic heterocycles. The van der Waals surface area contributed by atoms with Crippen LogP contribution in [0.15, 0.2) is 11.6 Å². The number of hydrogen-bond acceptors (Lipinski definition) is 4. The Balaban J connectivity index is 1.59. The first kappa shape index (κ1) is 26.4. The first-order chi connectivity index (χ1) is 16.6. The molecule has 0 aliphatic heterocycles. The fourth-order valence-electron chi connectivity index (χ4n) is 10.8. The quantitative estimate of drug-likeness (QED) is 0.484. The summed E-state index contributed by atoms with van der Waals surface area (Å²) in [5, 5.41) is 0. The molecule has 0 radical (unpaired) electrons. The molecule has 5 nitrogen and oxygen atoms in total. The summed E-state index contributed by atoms with van der Waals surface area (Å²) in [4.78, 5) is 26.9. The van der Waals surface area contributed by atoms with Crippen LogP contribution >= 0.6 is 0 Å². The Morgan fingerprint density at radius 3 is 2.28 bits per heavy atom. The molecule has 5 rings (SSSR count). The van der Waals surface area contributed by atoms with Crippen molar-refractivity contribution in [3.05, 3.63) is 11.6 Å². The summed E-state index contributed by atoms with van der Waals surface area (Å²) in [6.45, 7) is 16.7. The zero-order chi connectivity index (χ0) is 26.5. The lowest BCUT2D eigenvalue weighted by Crippen LogP contribution is -2.66. The van der Waals surface area contributed by atoms with Crippen LogP contribution in [0.2, 0.25) is 0 Å². The van der Waals surface area contributed by atoms with Crippen molar-refractivity contribution >= 4 is 11.7 Å². The van der Waals surface area contributed by atoms with Crippen LogP contribution in [0.5, 0.6) is 0 Å². The van der Waals surface area contributed by atoms with E-state index in [1.54, 1.807) is 0 Å². The van der Waals surface area contributed by atoms with Gasteiger partial charge in [-0.15, -0.1) is 0 Å². The number of primary amides is 1.